The predicted octanol–water partition coefficient (Wildman–Crippen LogP) is 1.97. The van der Waals surface area contributed by atoms with Crippen molar-refractivity contribution in [2.24, 2.45) is 0 Å². The summed E-state index contributed by atoms with van der Waals surface area (Å²) in [6, 6.07) is 6.90. The lowest BCUT2D eigenvalue weighted by atomic mass is 10.2. The van der Waals surface area contributed by atoms with Gasteiger partial charge >= 0.3 is 5.97 Å². The van der Waals surface area contributed by atoms with Crippen LogP contribution >= 0.6 is 0 Å². The first-order valence-electron chi connectivity index (χ1n) is 5.60. The average molecular weight is 247 g/mol. The zero-order chi connectivity index (χ0) is 12.8. The standard InChI is InChI=1S/C13H13NO4/c15-12(11-4-1-7-14-11)9-18-13(16)6-5-10-3-2-8-17-10/h1-4,7-8,14H,5-6,9H2. The van der Waals surface area contributed by atoms with E-state index in [9.17, 15) is 9.59 Å². The van der Waals surface area contributed by atoms with E-state index in [4.69, 9.17) is 9.15 Å². The number of H-pyrrole nitrogens is 1. The molecular formula is C13H13NO4. The van der Waals surface area contributed by atoms with Gasteiger partial charge in [-0.05, 0) is 24.3 Å². The summed E-state index contributed by atoms with van der Waals surface area (Å²) >= 11 is 0. The van der Waals surface area contributed by atoms with E-state index in [0.717, 1.165) is 5.76 Å². The van der Waals surface area contributed by atoms with E-state index in [-0.39, 0.29) is 18.8 Å². The second kappa shape index (κ2) is 5.86. The predicted molar refractivity (Wildman–Crippen MR) is 63.1 cm³/mol. The molecule has 0 aliphatic heterocycles. The maximum Gasteiger partial charge on any atom is 0.306 e. The Kier molecular flexibility index (Phi) is 3.96. The summed E-state index contributed by atoms with van der Waals surface area (Å²) in [5, 5.41) is 0. The third kappa shape index (κ3) is 3.35. The van der Waals surface area contributed by atoms with Crippen molar-refractivity contribution in [1.29, 1.82) is 0 Å². The van der Waals surface area contributed by atoms with Crippen LogP contribution in [0.5, 0.6) is 0 Å². The van der Waals surface area contributed by atoms with Crippen LogP contribution in [0.25, 0.3) is 0 Å². The molecule has 5 nitrogen and oxygen atoms in total. The molecule has 2 rings (SSSR count). The Hall–Kier alpha value is -2.30. The molecule has 18 heavy (non-hydrogen) atoms. The van der Waals surface area contributed by atoms with E-state index in [1.807, 2.05) is 0 Å². The molecule has 0 unspecified atom stereocenters. The minimum atomic E-state index is -0.411. The summed E-state index contributed by atoms with van der Waals surface area (Å²) in [6.45, 7) is -0.239. The Morgan fingerprint density at radius 3 is 2.83 bits per heavy atom. The summed E-state index contributed by atoms with van der Waals surface area (Å²) in [7, 11) is 0. The number of aromatic amines is 1. The van der Waals surface area contributed by atoms with Crippen LogP contribution in [0.3, 0.4) is 0 Å². The molecule has 0 saturated carbocycles. The van der Waals surface area contributed by atoms with Gasteiger partial charge in [0.15, 0.2) is 6.61 Å². The molecule has 2 heterocycles. The first-order chi connectivity index (χ1) is 8.75. The van der Waals surface area contributed by atoms with Crippen LogP contribution in [0.2, 0.25) is 0 Å². The van der Waals surface area contributed by atoms with Gasteiger partial charge in [0.2, 0.25) is 5.78 Å². The molecule has 0 atom stereocenters. The normalized spacial score (nSPS) is 10.2. The lowest BCUT2D eigenvalue weighted by Gasteiger charge is -2.02. The highest BCUT2D eigenvalue weighted by molar-refractivity contribution is 5.96. The first kappa shape index (κ1) is 12.2. The minimum Gasteiger partial charge on any atom is -0.469 e. The van der Waals surface area contributed by atoms with Gasteiger partial charge in [-0.25, -0.2) is 0 Å². The highest BCUT2D eigenvalue weighted by Gasteiger charge is 2.10. The number of aryl methyl sites for hydroxylation is 1. The minimum absolute atomic E-state index is 0.200. The van der Waals surface area contributed by atoms with Gasteiger partial charge in [0.25, 0.3) is 0 Å². The number of ketones is 1. The van der Waals surface area contributed by atoms with Gasteiger partial charge in [0.05, 0.1) is 18.4 Å². The number of aromatic nitrogens is 1. The van der Waals surface area contributed by atoms with Gasteiger partial charge in [0, 0.05) is 12.6 Å². The molecule has 0 radical (unpaired) electrons. The van der Waals surface area contributed by atoms with E-state index < -0.39 is 5.97 Å². The largest absolute Gasteiger partial charge is 0.469 e. The fourth-order valence-electron chi connectivity index (χ4n) is 1.48. The molecule has 0 bridgehead atoms. The van der Waals surface area contributed by atoms with Gasteiger partial charge in [0.1, 0.15) is 5.76 Å². The molecule has 2 aromatic rings. The lowest BCUT2D eigenvalue weighted by Crippen LogP contribution is -2.14. The molecule has 94 valence electrons. The molecule has 5 heteroatoms. The van der Waals surface area contributed by atoms with Crippen LogP contribution in [0.1, 0.15) is 22.7 Å². The van der Waals surface area contributed by atoms with Crippen LogP contribution < -0.4 is 0 Å². The number of ether oxygens (including phenoxy) is 1. The van der Waals surface area contributed by atoms with Crippen molar-refractivity contribution in [3.05, 3.63) is 48.2 Å². The number of hydrogen-bond acceptors (Lipinski definition) is 4. The molecule has 0 aliphatic carbocycles. The fourth-order valence-corrected chi connectivity index (χ4v) is 1.48. The van der Waals surface area contributed by atoms with Crippen molar-refractivity contribution in [1.82, 2.24) is 4.98 Å². The molecular weight excluding hydrogens is 234 g/mol. The van der Waals surface area contributed by atoms with Crippen LogP contribution in [0.15, 0.2) is 41.1 Å². The zero-order valence-electron chi connectivity index (χ0n) is 9.72. The van der Waals surface area contributed by atoms with Crippen LogP contribution in [-0.4, -0.2) is 23.3 Å². The Bertz CT molecular complexity index is 499. The molecule has 0 spiro atoms. The molecule has 1 N–H and O–H groups in total. The third-order valence-corrected chi connectivity index (χ3v) is 2.42. The Morgan fingerprint density at radius 1 is 1.28 bits per heavy atom. The summed E-state index contributed by atoms with van der Waals surface area (Å²) < 4.78 is 9.96. The molecule has 2 aromatic heterocycles. The summed E-state index contributed by atoms with van der Waals surface area (Å²) in [5.74, 6) is 0.0697. The number of carbonyl (C=O) groups is 2. The van der Waals surface area contributed by atoms with Crippen molar-refractivity contribution in [2.75, 3.05) is 6.61 Å². The van der Waals surface area contributed by atoms with Crippen molar-refractivity contribution in [2.45, 2.75) is 12.8 Å². The fraction of sp³-hybridized carbons (Fsp3) is 0.231. The molecule has 0 fully saturated rings. The quantitative estimate of drug-likeness (QED) is 0.625. The highest BCUT2D eigenvalue weighted by atomic mass is 16.5. The second-order valence-electron chi connectivity index (χ2n) is 3.75. The lowest BCUT2D eigenvalue weighted by molar-refractivity contribution is -0.142. The number of furan rings is 1. The summed E-state index contributed by atoms with van der Waals surface area (Å²) in [5.41, 5.74) is 0.439. The van der Waals surface area contributed by atoms with E-state index in [2.05, 4.69) is 4.98 Å². The van der Waals surface area contributed by atoms with E-state index in [1.54, 1.807) is 36.7 Å². The van der Waals surface area contributed by atoms with Crippen LogP contribution in [0.4, 0.5) is 0 Å². The molecule has 0 saturated heterocycles. The average Bonchev–Trinajstić information content (AvgIpc) is 3.05. The van der Waals surface area contributed by atoms with Crippen molar-refractivity contribution < 1.29 is 18.7 Å². The summed E-state index contributed by atoms with van der Waals surface area (Å²) in [4.78, 5) is 25.7. The van der Waals surface area contributed by atoms with Gasteiger partial charge < -0.3 is 14.1 Å². The van der Waals surface area contributed by atoms with Gasteiger partial charge in [-0.3, -0.25) is 9.59 Å². The van der Waals surface area contributed by atoms with Gasteiger partial charge in [-0.2, -0.15) is 0 Å². The molecule has 0 aliphatic rings. The van der Waals surface area contributed by atoms with Crippen LogP contribution in [0, 0.1) is 0 Å². The number of nitrogens with one attached hydrogen (secondary N) is 1. The number of esters is 1. The smallest absolute Gasteiger partial charge is 0.306 e. The molecule has 0 amide bonds. The highest BCUT2D eigenvalue weighted by Crippen LogP contribution is 2.04. The van der Waals surface area contributed by atoms with Crippen molar-refractivity contribution in [3.8, 4) is 0 Å². The van der Waals surface area contributed by atoms with E-state index in [1.165, 1.54) is 0 Å². The first-order valence-corrected chi connectivity index (χ1v) is 5.60. The maximum atomic E-state index is 11.5. The van der Waals surface area contributed by atoms with Crippen molar-refractivity contribution in [3.63, 3.8) is 0 Å². The maximum absolute atomic E-state index is 11.5. The number of rotatable bonds is 6. The van der Waals surface area contributed by atoms with Gasteiger partial charge in [-0.1, -0.05) is 0 Å². The number of carbonyl (C=O) groups excluding carboxylic acids is 2. The SMILES string of the molecule is O=C(CCc1ccco1)OCC(=O)c1ccc[nH]1. The topological polar surface area (TPSA) is 72.3 Å². The van der Waals surface area contributed by atoms with Gasteiger partial charge in [-0.15, -0.1) is 0 Å². The third-order valence-electron chi connectivity index (χ3n) is 2.42. The Morgan fingerprint density at radius 2 is 2.17 bits per heavy atom. The number of Topliss-reactive ketones (excluding diaryl/α,β-unsaturated/α-hetero) is 1. The Balaban J connectivity index is 1.70. The van der Waals surface area contributed by atoms with E-state index in [0.29, 0.717) is 12.1 Å². The number of hydrogen-bond donors (Lipinski definition) is 1. The Labute approximate surface area is 104 Å². The molecule has 0 aromatic carbocycles. The summed E-state index contributed by atoms with van der Waals surface area (Å²) in [6.07, 6.45) is 3.87. The zero-order valence-corrected chi connectivity index (χ0v) is 9.72. The van der Waals surface area contributed by atoms with E-state index >= 15 is 0 Å². The monoisotopic (exact) mass is 247 g/mol. The second-order valence-corrected chi connectivity index (χ2v) is 3.75. The van der Waals surface area contributed by atoms with Crippen molar-refractivity contribution >= 4 is 11.8 Å². The van der Waals surface area contributed by atoms with Crippen LogP contribution in [-0.2, 0) is 16.0 Å².